The van der Waals surface area contributed by atoms with E-state index in [2.05, 4.69) is 11.7 Å². The minimum Gasteiger partial charge on any atom is -0.399 e. The quantitative estimate of drug-likeness (QED) is 0.446. The van der Waals surface area contributed by atoms with Crippen molar-refractivity contribution in [1.29, 1.82) is 0 Å². The smallest absolute Gasteiger partial charge is 0.399 e. The summed E-state index contributed by atoms with van der Waals surface area (Å²) < 4.78 is 68.2. The van der Waals surface area contributed by atoms with Crippen LogP contribution in [0.4, 0.5) is 22.0 Å². The van der Waals surface area contributed by atoms with Gasteiger partial charge in [0, 0.05) is 2.85 Å². The minimum atomic E-state index is -5.11. The normalized spacial score (nSPS) is 28.9. The average Bonchev–Trinajstić information content (AvgIpc) is 2.64. The van der Waals surface area contributed by atoms with Crippen LogP contribution in [0.3, 0.4) is 0 Å². The molecular weight excluding hydrogens is 375 g/mol. The van der Waals surface area contributed by atoms with E-state index in [4.69, 9.17) is 0 Å². The Bertz CT molecular complexity index is 628. The molecule has 2 aliphatic rings. The minimum absolute atomic E-state index is 0. The van der Waals surface area contributed by atoms with Crippen molar-refractivity contribution in [3.05, 3.63) is 29.3 Å². The lowest BCUT2D eigenvalue weighted by Crippen LogP contribution is -2.19. The van der Waals surface area contributed by atoms with E-state index < -0.39 is 23.7 Å². The second-order valence-electron chi connectivity index (χ2n) is 8.78. The van der Waals surface area contributed by atoms with Gasteiger partial charge in [-0.05, 0) is 67.1 Å². The summed E-state index contributed by atoms with van der Waals surface area (Å²) in [5.74, 6) is -1.60. The van der Waals surface area contributed by atoms with Crippen LogP contribution in [0.1, 0.15) is 85.5 Å². The number of halogens is 5. The van der Waals surface area contributed by atoms with E-state index in [-0.39, 0.29) is 8.77 Å². The number of benzene rings is 1. The van der Waals surface area contributed by atoms with Gasteiger partial charge >= 0.3 is 6.36 Å². The molecular formula is C22H33F5O. The zero-order valence-corrected chi connectivity index (χ0v) is 16.3. The van der Waals surface area contributed by atoms with Crippen LogP contribution in [0, 0.1) is 29.4 Å². The van der Waals surface area contributed by atoms with E-state index in [9.17, 15) is 22.0 Å². The van der Waals surface area contributed by atoms with Gasteiger partial charge in [-0.2, -0.15) is 0 Å². The predicted octanol–water partition coefficient (Wildman–Crippen LogP) is 8.24. The van der Waals surface area contributed by atoms with Crippen LogP contribution in [-0.4, -0.2) is 6.36 Å². The summed E-state index contributed by atoms with van der Waals surface area (Å²) in [5.41, 5.74) is 0.434. The Labute approximate surface area is 166 Å². The summed E-state index contributed by atoms with van der Waals surface area (Å²) in [7, 11) is 0. The van der Waals surface area contributed by atoms with Crippen molar-refractivity contribution < 1.29 is 29.5 Å². The summed E-state index contributed by atoms with van der Waals surface area (Å²) in [5, 5.41) is 0. The molecule has 2 aliphatic carbocycles. The maximum Gasteiger partial charge on any atom is 0.573 e. The Morgan fingerprint density at radius 2 is 1.32 bits per heavy atom. The fourth-order valence-electron chi connectivity index (χ4n) is 4.90. The molecule has 0 N–H and O–H groups in total. The van der Waals surface area contributed by atoms with Crippen LogP contribution < -0.4 is 4.74 Å². The number of ether oxygens (including phenoxy) is 1. The lowest BCUT2D eigenvalue weighted by molar-refractivity contribution is -0.276. The molecule has 0 amide bonds. The first-order valence-corrected chi connectivity index (χ1v) is 10.5. The molecule has 0 saturated heterocycles. The zero-order valence-electron chi connectivity index (χ0n) is 16.3. The molecule has 0 unspecified atom stereocenters. The van der Waals surface area contributed by atoms with Crippen molar-refractivity contribution in [3.8, 4) is 5.75 Å². The van der Waals surface area contributed by atoms with Gasteiger partial charge in [0.25, 0.3) is 0 Å². The first-order valence-electron chi connectivity index (χ1n) is 10.5. The molecule has 28 heavy (non-hydrogen) atoms. The molecule has 0 bridgehead atoms. The van der Waals surface area contributed by atoms with Gasteiger partial charge in [0.1, 0.15) is 0 Å². The lowest BCUT2D eigenvalue weighted by Gasteiger charge is -2.31. The largest absolute Gasteiger partial charge is 0.573 e. The topological polar surface area (TPSA) is 9.23 Å². The van der Waals surface area contributed by atoms with Gasteiger partial charge in [-0.25, -0.2) is 8.78 Å². The second kappa shape index (κ2) is 9.00. The molecule has 162 valence electrons. The van der Waals surface area contributed by atoms with Gasteiger partial charge in [-0.15, -0.1) is 13.2 Å². The molecule has 3 rings (SSSR count). The lowest BCUT2D eigenvalue weighted by atomic mass is 9.74. The summed E-state index contributed by atoms with van der Waals surface area (Å²) in [4.78, 5) is 0. The first-order chi connectivity index (χ1) is 13.2. The van der Waals surface area contributed by atoms with Crippen LogP contribution in [0.25, 0.3) is 0 Å². The Hall–Kier alpha value is -1.33. The summed E-state index contributed by atoms with van der Waals surface area (Å²) >= 11 is 0. The Morgan fingerprint density at radius 1 is 0.857 bits per heavy atom. The molecule has 1 nitrogen and oxygen atoms in total. The maximum atomic E-state index is 14.0. The molecule has 0 atom stereocenters. The monoisotopic (exact) mass is 408 g/mol. The SMILES string of the molecule is CC1CCC(CCC2CCC(c3cc(F)c(OC(F)(F)F)c(F)c3)CC2)CC1.[HH].[HH]. The van der Waals surface area contributed by atoms with Gasteiger partial charge in [0.05, 0.1) is 0 Å². The zero-order chi connectivity index (χ0) is 20.3. The Kier molecular flexibility index (Phi) is 6.87. The molecule has 2 fully saturated rings. The number of hydrogen-bond acceptors (Lipinski definition) is 1. The highest BCUT2D eigenvalue weighted by atomic mass is 19.4. The number of alkyl halides is 3. The molecule has 0 heterocycles. The third kappa shape index (κ3) is 5.84. The van der Waals surface area contributed by atoms with Crippen LogP contribution in [0.5, 0.6) is 5.75 Å². The van der Waals surface area contributed by atoms with Crippen molar-refractivity contribution in [2.45, 2.75) is 83.4 Å². The van der Waals surface area contributed by atoms with E-state index in [1.54, 1.807) is 0 Å². The van der Waals surface area contributed by atoms with Gasteiger partial charge in [0.2, 0.25) is 5.75 Å². The highest BCUT2D eigenvalue weighted by Gasteiger charge is 2.34. The van der Waals surface area contributed by atoms with Crippen molar-refractivity contribution in [2.24, 2.45) is 17.8 Å². The molecule has 0 radical (unpaired) electrons. The fraction of sp³-hybridized carbons (Fsp3) is 0.727. The molecule has 0 aromatic heterocycles. The Morgan fingerprint density at radius 3 is 1.79 bits per heavy atom. The van der Waals surface area contributed by atoms with E-state index in [1.165, 1.54) is 38.5 Å². The molecule has 2 saturated carbocycles. The fourth-order valence-corrected chi connectivity index (χ4v) is 4.90. The molecule has 0 spiro atoms. The molecule has 1 aromatic carbocycles. The Balaban J connectivity index is 0.00000225. The number of rotatable bonds is 5. The van der Waals surface area contributed by atoms with Crippen molar-refractivity contribution in [2.75, 3.05) is 0 Å². The second-order valence-corrected chi connectivity index (χ2v) is 8.78. The third-order valence-corrected chi connectivity index (χ3v) is 6.68. The average molecular weight is 408 g/mol. The van der Waals surface area contributed by atoms with E-state index in [0.29, 0.717) is 11.5 Å². The first kappa shape index (κ1) is 21.4. The standard InChI is InChI=1S/C22H29F5O.2H2/c1-14-2-4-15(5-3-14)6-7-16-8-10-17(11-9-16)18-12-19(23)21(20(24)13-18)28-22(25,26)27;;/h12-17H,2-11H2,1H3;2*1H. The van der Waals surface area contributed by atoms with Crippen LogP contribution in [0.2, 0.25) is 0 Å². The maximum absolute atomic E-state index is 14.0. The van der Waals surface area contributed by atoms with E-state index in [0.717, 1.165) is 49.7 Å². The third-order valence-electron chi connectivity index (χ3n) is 6.68. The van der Waals surface area contributed by atoms with Gasteiger partial charge in [-0.1, -0.05) is 45.4 Å². The van der Waals surface area contributed by atoms with Crippen LogP contribution >= 0.6 is 0 Å². The van der Waals surface area contributed by atoms with Gasteiger partial charge in [0.15, 0.2) is 11.6 Å². The molecule has 0 aliphatic heterocycles. The van der Waals surface area contributed by atoms with Crippen molar-refractivity contribution >= 4 is 0 Å². The van der Waals surface area contributed by atoms with Crippen LogP contribution in [0.15, 0.2) is 12.1 Å². The predicted molar refractivity (Wildman–Crippen MR) is 102 cm³/mol. The number of hydrogen-bond donors (Lipinski definition) is 0. The van der Waals surface area contributed by atoms with Crippen LogP contribution in [-0.2, 0) is 0 Å². The summed E-state index contributed by atoms with van der Waals surface area (Å²) in [6.07, 6.45) is 6.39. The van der Waals surface area contributed by atoms with E-state index in [1.807, 2.05) is 0 Å². The van der Waals surface area contributed by atoms with E-state index >= 15 is 0 Å². The highest BCUT2D eigenvalue weighted by molar-refractivity contribution is 5.33. The van der Waals surface area contributed by atoms with Crippen molar-refractivity contribution in [3.63, 3.8) is 0 Å². The summed E-state index contributed by atoms with van der Waals surface area (Å²) in [6, 6.07) is 2.00. The molecule has 1 aromatic rings. The van der Waals surface area contributed by atoms with Crippen molar-refractivity contribution in [1.82, 2.24) is 0 Å². The highest BCUT2D eigenvalue weighted by Crippen LogP contribution is 2.41. The summed E-state index contributed by atoms with van der Waals surface area (Å²) in [6.45, 7) is 2.32. The van der Waals surface area contributed by atoms with Gasteiger partial charge < -0.3 is 4.74 Å². The molecule has 6 heteroatoms. The van der Waals surface area contributed by atoms with Gasteiger partial charge in [-0.3, -0.25) is 0 Å².